The average Bonchev–Trinajstić information content (AvgIpc) is 3.45. The molecule has 0 bridgehead atoms. The molecule has 1 N–H and O–H groups in total. The van der Waals surface area contributed by atoms with E-state index in [-0.39, 0.29) is 11.8 Å². The molecule has 6 nitrogen and oxygen atoms in total. The Morgan fingerprint density at radius 1 is 1.06 bits per heavy atom. The van der Waals surface area contributed by atoms with Crippen molar-refractivity contribution in [2.24, 2.45) is 4.99 Å². The van der Waals surface area contributed by atoms with E-state index in [9.17, 15) is 9.59 Å². The van der Waals surface area contributed by atoms with Gasteiger partial charge in [-0.25, -0.2) is 4.99 Å². The predicted molar refractivity (Wildman–Crippen MR) is 128 cm³/mol. The third-order valence-electron chi connectivity index (χ3n) is 6.15. The van der Waals surface area contributed by atoms with Crippen molar-refractivity contribution in [2.45, 2.75) is 25.8 Å². The molecular formula is C27H25N3O3. The van der Waals surface area contributed by atoms with E-state index in [1.807, 2.05) is 59.5 Å². The number of benzene rings is 3. The van der Waals surface area contributed by atoms with Crippen LogP contribution in [0.3, 0.4) is 0 Å². The molecule has 0 atom stereocenters. The van der Waals surface area contributed by atoms with Gasteiger partial charge in [0.25, 0.3) is 5.91 Å². The van der Waals surface area contributed by atoms with Crippen molar-refractivity contribution in [1.82, 2.24) is 10.2 Å². The SMILES string of the molecule is COc1ccc(-c2ccccc2)c2c1CC(NC(=O)c1ccc(CN3CCCC3=O)cc1)=N2. The van der Waals surface area contributed by atoms with Gasteiger partial charge >= 0.3 is 0 Å². The molecule has 0 aliphatic carbocycles. The van der Waals surface area contributed by atoms with Gasteiger partial charge in [0.2, 0.25) is 5.91 Å². The zero-order valence-electron chi connectivity index (χ0n) is 18.5. The van der Waals surface area contributed by atoms with Gasteiger partial charge in [-0.3, -0.25) is 9.59 Å². The number of amides is 2. The number of likely N-dealkylation sites (tertiary alicyclic amines) is 1. The Morgan fingerprint density at radius 3 is 2.55 bits per heavy atom. The molecule has 0 radical (unpaired) electrons. The third kappa shape index (κ3) is 4.24. The van der Waals surface area contributed by atoms with Crippen LogP contribution in [0.15, 0.2) is 71.7 Å². The summed E-state index contributed by atoms with van der Waals surface area (Å²) in [7, 11) is 1.64. The highest BCUT2D eigenvalue weighted by atomic mass is 16.5. The number of carbonyl (C=O) groups excluding carboxylic acids is 2. The second-order valence-electron chi connectivity index (χ2n) is 8.31. The van der Waals surface area contributed by atoms with E-state index < -0.39 is 0 Å². The van der Waals surface area contributed by atoms with Crippen molar-refractivity contribution in [3.05, 3.63) is 83.4 Å². The average molecular weight is 440 g/mol. The Balaban J connectivity index is 1.33. The van der Waals surface area contributed by atoms with E-state index in [0.717, 1.165) is 46.7 Å². The van der Waals surface area contributed by atoms with Gasteiger partial charge in [-0.1, -0.05) is 42.5 Å². The molecule has 0 aromatic heterocycles. The van der Waals surface area contributed by atoms with Crippen LogP contribution in [0.2, 0.25) is 0 Å². The molecule has 33 heavy (non-hydrogen) atoms. The fourth-order valence-corrected chi connectivity index (χ4v) is 4.43. The fraction of sp³-hybridized carbons (Fsp3) is 0.222. The van der Waals surface area contributed by atoms with Gasteiger partial charge in [-0.15, -0.1) is 0 Å². The molecule has 3 aromatic carbocycles. The molecule has 0 unspecified atom stereocenters. The van der Waals surface area contributed by atoms with E-state index in [1.165, 1.54) is 0 Å². The van der Waals surface area contributed by atoms with Gasteiger partial charge in [-0.05, 0) is 41.8 Å². The van der Waals surface area contributed by atoms with E-state index in [4.69, 9.17) is 9.73 Å². The van der Waals surface area contributed by atoms with Crippen molar-refractivity contribution >= 4 is 23.3 Å². The Bertz CT molecular complexity index is 1230. The lowest BCUT2D eigenvalue weighted by Crippen LogP contribution is -2.30. The zero-order valence-corrected chi connectivity index (χ0v) is 18.5. The number of fused-ring (bicyclic) bond motifs is 1. The lowest BCUT2D eigenvalue weighted by molar-refractivity contribution is -0.128. The summed E-state index contributed by atoms with van der Waals surface area (Å²) in [4.78, 5) is 31.3. The maximum absolute atomic E-state index is 12.9. The normalized spacial score (nSPS) is 14.8. The Labute approximate surface area is 192 Å². The highest BCUT2D eigenvalue weighted by molar-refractivity contribution is 6.10. The molecular weight excluding hydrogens is 414 g/mol. The molecule has 2 aliphatic rings. The number of ether oxygens (including phenoxy) is 1. The largest absolute Gasteiger partial charge is 0.496 e. The molecule has 3 aromatic rings. The minimum absolute atomic E-state index is 0.195. The van der Waals surface area contributed by atoms with Crippen LogP contribution in [0.5, 0.6) is 5.75 Å². The summed E-state index contributed by atoms with van der Waals surface area (Å²) in [5.74, 6) is 1.36. The van der Waals surface area contributed by atoms with Crippen molar-refractivity contribution < 1.29 is 14.3 Å². The smallest absolute Gasteiger partial charge is 0.256 e. The molecule has 1 saturated heterocycles. The minimum atomic E-state index is -0.203. The summed E-state index contributed by atoms with van der Waals surface area (Å²) < 4.78 is 5.55. The minimum Gasteiger partial charge on any atom is -0.496 e. The van der Waals surface area contributed by atoms with Crippen molar-refractivity contribution in [1.29, 1.82) is 0 Å². The zero-order chi connectivity index (χ0) is 22.8. The van der Waals surface area contributed by atoms with E-state index >= 15 is 0 Å². The number of hydrogen-bond donors (Lipinski definition) is 1. The number of hydrogen-bond acceptors (Lipinski definition) is 4. The summed E-state index contributed by atoms with van der Waals surface area (Å²) in [6, 6.07) is 21.4. The topological polar surface area (TPSA) is 71.0 Å². The van der Waals surface area contributed by atoms with Crippen molar-refractivity contribution in [2.75, 3.05) is 13.7 Å². The number of aliphatic imine (C=N–C) groups is 1. The molecule has 0 spiro atoms. The molecule has 2 heterocycles. The predicted octanol–water partition coefficient (Wildman–Crippen LogP) is 4.50. The van der Waals surface area contributed by atoms with Gasteiger partial charge < -0.3 is 15.0 Å². The van der Waals surface area contributed by atoms with Crippen molar-refractivity contribution in [3.8, 4) is 16.9 Å². The van der Waals surface area contributed by atoms with Crippen LogP contribution in [0.25, 0.3) is 11.1 Å². The first-order chi connectivity index (χ1) is 16.1. The van der Waals surface area contributed by atoms with Gasteiger partial charge in [0.05, 0.1) is 12.8 Å². The standard InChI is InChI=1S/C27H25N3O3/c1-33-23-14-13-21(19-6-3-2-4-7-19)26-22(23)16-24(28-26)29-27(32)20-11-9-18(10-12-20)17-30-15-5-8-25(30)31/h2-4,6-7,9-14H,5,8,15-17H2,1H3,(H,28,29,32). The van der Waals surface area contributed by atoms with E-state index in [1.54, 1.807) is 19.2 Å². The number of nitrogens with one attached hydrogen (secondary N) is 1. The van der Waals surface area contributed by atoms with Gasteiger partial charge in [-0.2, -0.15) is 0 Å². The van der Waals surface area contributed by atoms with Crippen LogP contribution in [-0.2, 0) is 17.8 Å². The molecule has 1 fully saturated rings. The van der Waals surface area contributed by atoms with Crippen LogP contribution in [0.4, 0.5) is 5.69 Å². The third-order valence-corrected chi connectivity index (χ3v) is 6.15. The first kappa shape index (κ1) is 20.9. The van der Waals surface area contributed by atoms with Crippen LogP contribution >= 0.6 is 0 Å². The Hall–Kier alpha value is -3.93. The number of methoxy groups -OCH3 is 1. The molecule has 2 amide bonds. The van der Waals surface area contributed by atoms with Gasteiger partial charge in [0.15, 0.2) is 0 Å². The van der Waals surface area contributed by atoms with E-state index in [0.29, 0.717) is 30.8 Å². The molecule has 5 rings (SSSR count). The molecule has 166 valence electrons. The van der Waals surface area contributed by atoms with Crippen LogP contribution < -0.4 is 10.1 Å². The first-order valence-electron chi connectivity index (χ1n) is 11.1. The summed E-state index contributed by atoms with van der Waals surface area (Å²) in [6.07, 6.45) is 2.04. The Morgan fingerprint density at radius 2 is 1.85 bits per heavy atom. The van der Waals surface area contributed by atoms with Gasteiger partial charge in [0.1, 0.15) is 11.6 Å². The maximum atomic E-state index is 12.9. The lowest BCUT2D eigenvalue weighted by Gasteiger charge is -2.15. The second-order valence-corrected chi connectivity index (χ2v) is 8.31. The summed E-state index contributed by atoms with van der Waals surface area (Å²) in [6.45, 7) is 1.39. The number of amidine groups is 1. The quantitative estimate of drug-likeness (QED) is 0.636. The highest BCUT2D eigenvalue weighted by Crippen LogP contribution is 2.42. The second kappa shape index (κ2) is 8.90. The van der Waals surface area contributed by atoms with E-state index in [2.05, 4.69) is 5.32 Å². The summed E-state index contributed by atoms with van der Waals surface area (Å²) in [5, 5.41) is 2.96. The highest BCUT2D eigenvalue weighted by Gasteiger charge is 2.24. The van der Waals surface area contributed by atoms with Crippen molar-refractivity contribution in [3.63, 3.8) is 0 Å². The Kier molecular flexibility index (Phi) is 5.65. The lowest BCUT2D eigenvalue weighted by atomic mass is 9.99. The van der Waals surface area contributed by atoms with Crippen LogP contribution in [0.1, 0.15) is 34.3 Å². The molecule has 2 aliphatic heterocycles. The molecule has 6 heteroatoms. The summed E-state index contributed by atoms with van der Waals surface area (Å²) in [5.41, 5.74) is 5.46. The van der Waals surface area contributed by atoms with Crippen LogP contribution in [-0.4, -0.2) is 36.2 Å². The summed E-state index contributed by atoms with van der Waals surface area (Å²) >= 11 is 0. The molecule has 0 saturated carbocycles. The monoisotopic (exact) mass is 439 g/mol. The maximum Gasteiger partial charge on any atom is 0.256 e. The van der Waals surface area contributed by atoms with Crippen LogP contribution in [0, 0.1) is 0 Å². The number of carbonyl (C=O) groups is 2. The fourth-order valence-electron chi connectivity index (χ4n) is 4.43. The van der Waals surface area contributed by atoms with Gasteiger partial charge in [0, 0.05) is 42.6 Å². The number of rotatable bonds is 5. The number of nitrogens with zero attached hydrogens (tertiary/aromatic N) is 2. The first-order valence-corrected chi connectivity index (χ1v) is 11.1.